The summed E-state index contributed by atoms with van der Waals surface area (Å²) in [6.45, 7) is 3.74. The molecule has 21 heavy (non-hydrogen) atoms. The maximum atomic E-state index is 12.6. The fraction of sp³-hybridized carbons (Fsp3) is 0.769. The van der Waals surface area contributed by atoms with Gasteiger partial charge in [-0.25, -0.2) is 8.42 Å². The molecule has 0 aromatic carbocycles. The van der Waals surface area contributed by atoms with Crippen LogP contribution in [0.15, 0.2) is 4.90 Å². The SMILES string of the molecule is Nc1nsc(N2CCN(C3CC3)CC2)c1S(=O)(=O)C1CC1. The first-order valence-corrected chi connectivity index (χ1v) is 9.87. The molecule has 8 heteroatoms. The van der Waals surface area contributed by atoms with Gasteiger partial charge in [-0.2, -0.15) is 4.37 Å². The van der Waals surface area contributed by atoms with Crippen molar-refractivity contribution < 1.29 is 8.42 Å². The van der Waals surface area contributed by atoms with Crippen LogP contribution in [-0.4, -0.2) is 55.2 Å². The quantitative estimate of drug-likeness (QED) is 0.886. The van der Waals surface area contributed by atoms with E-state index in [1.54, 1.807) is 0 Å². The van der Waals surface area contributed by atoms with Crippen LogP contribution in [0.2, 0.25) is 0 Å². The van der Waals surface area contributed by atoms with Crippen LogP contribution in [0.1, 0.15) is 25.7 Å². The highest BCUT2D eigenvalue weighted by Gasteiger charge is 2.42. The van der Waals surface area contributed by atoms with E-state index in [0.29, 0.717) is 4.90 Å². The molecule has 1 aromatic heterocycles. The molecule has 2 N–H and O–H groups in total. The molecule has 0 unspecified atom stereocenters. The second kappa shape index (κ2) is 4.82. The summed E-state index contributed by atoms with van der Waals surface area (Å²) in [5.41, 5.74) is 5.87. The molecule has 2 heterocycles. The average Bonchev–Trinajstić information content (AvgIpc) is 3.36. The van der Waals surface area contributed by atoms with Crippen molar-refractivity contribution >= 4 is 32.2 Å². The molecule has 0 spiro atoms. The molecular formula is C13H20N4O2S2. The van der Waals surface area contributed by atoms with E-state index < -0.39 is 9.84 Å². The Balaban J connectivity index is 1.58. The zero-order chi connectivity index (χ0) is 14.6. The molecule has 0 bridgehead atoms. The van der Waals surface area contributed by atoms with Gasteiger partial charge in [-0.15, -0.1) is 0 Å². The normalized spacial score (nSPS) is 24.5. The maximum absolute atomic E-state index is 12.6. The van der Waals surface area contributed by atoms with Gasteiger partial charge in [-0.3, -0.25) is 4.90 Å². The van der Waals surface area contributed by atoms with Crippen molar-refractivity contribution in [3.63, 3.8) is 0 Å². The molecule has 1 saturated heterocycles. The van der Waals surface area contributed by atoms with Crippen LogP contribution in [-0.2, 0) is 9.84 Å². The Kier molecular flexibility index (Phi) is 3.16. The number of nitrogens with zero attached hydrogens (tertiary/aromatic N) is 3. The summed E-state index contributed by atoms with van der Waals surface area (Å²) in [5, 5.41) is 0.526. The van der Waals surface area contributed by atoms with Crippen LogP contribution >= 0.6 is 11.5 Å². The fourth-order valence-corrected chi connectivity index (χ4v) is 6.11. The van der Waals surface area contributed by atoms with Gasteiger partial charge in [0.25, 0.3) is 0 Å². The molecule has 2 aliphatic carbocycles. The van der Waals surface area contributed by atoms with Crippen LogP contribution in [0.25, 0.3) is 0 Å². The highest BCUT2D eigenvalue weighted by Crippen LogP contribution is 2.43. The molecule has 0 radical (unpaired) electrons. The summed E-state index contributed by atoms with van der Waals surface area (Å²) >= 11 is 1.23. The van der Waals surface area contributed by atoms with Crippen LogP contribution in [0.3, 0.4) is 0 Å². The van der Waals surface area contributed by atoms with Crippen LogP contribution in [0, 0.1) is 0 Å². The number of nitrogen functional groups attached to an aromatic ring is 1. The van der Waals surface area contributed by atoms with Gasteiger partial charge < -0.3 is 10.6 Å². The van der Waals surface area contributed by atoms with E-state index in [4.69, 9.17) is 5.73 Å². The first kappa shape index (κ1) is 13.8. The highest BCUT2D eigenvalue weighted by molar-refractivity contribution is 7.92. The van der Waals surface area contributed by atoms with Gasteiger partial charge in [0.1, 0.15) is 9.90 Å². The Labute approximate surface area is 129 Å². The number of piperazine rings is 1. The predicted octanol–water partition coefficient (Wildman–Crippen LogP) is 0.946. The summed E-state index contributed by atoms with van der Waals surface area (Å²) in [6.07, 6.45) is 4.14. The monoisotopic (exact) mass is 328 g/mol. The van der Waals surface area contributed by atoms with Gasteiger partial charge in [0.2, 0.25) is 0 Å². The van der Waals surface area contributed by atoms with Gasteiger partial charge in [-0.1, -0.05) is 0 Å². The van der Waals surface area contributed by atoms with Gasteiger partial charge in [0.05, 0.1) is 5.25 Å². The standard InChI is InChI=1S/C13H20N4O2S2/c14-12-11(21(18,19)10-3-4-10)13(20-15-12)17-7-5-16(6-8-17)9-1-2-9/h9-10H,1-8H2,(H2,14,15). The van der Waals surface area contributed by atoms with E-state index >= 15 is 0 Å². The number of anilines is 2. The molecule has 6 nitrogen and oxygen atoms in total. The number of aromatic nitrogens is 1. The minimum absolute atomic E-state index is 0.187. The zero-order valence-corrected chi connectivity index (χ0v) is 13.5. The lowest BCUT2D eigenvalue weighted by Gasteiger charge is -2.35. The van der Waals surface area contributed by atoms with Crippen molar-refractivity contribution in [2.45, 2.75) is 41.9 Å². The second-order valence-electron chi connectivity index (χ2n) is 6.20. The van der Waals surface area contributed by atoms with E-state index in [1.165, 1.54) is 24.4 Å². The molecule has 1 aromatic rings. The third kappa shape index (κ3) is 2.43. The largest absolute Gasteiger partial charge is 0.382 e. The van der Waals surface area contributed by atoms with Gasteiger partial charge in [0, 0.05) is 32.2 Å². The van der Waals surface area contributed by atoms with E-state index in [0.717, 1.165) is 50.1 Å². The smallest absolute Gasteiger partial charge is 0.187 e. The van der Waals surface area contributed by atoms with Crippen molar-refractivity contribution in [3.05, 3.63) is 0 Å². The van der Waals surface area contributed by atoms with Gasteiger partial charge in [-0.05, 0) is 37.2 Å². The Morgan fingerprint density at radius 2 is 1.76 bits per heavy atom. The molecule has 4 rings (SSSR count). The Morgan fingerprint density at radius 1 is 1.10 bits per heavy atom. The van der Waals surface area contributed by atoms with Crippen molar-refractivity contribution in [3.8, 4) is 0 Å². The molecular weight excluding hydrogens is 308 g/mol. The number of nitrogens with two attached hydrogens (primary N) is 1. The summed E-state index contributed by atoms with van der Waals surface area (Å²) in [7, 11) is -3.28. The molecule has 3 aliphatic rings. The van der Waals surface area contributed by atoms with Gasteiger partial charge in [0.15, 0.2) is 15.7 Å². The number of hydrogen-bond donors (Lipinski definition) is 1. The maximum Gasteiger partial charge on any atom is 0.187 e. The Morgan fingerprint density at radius 3 is 2.33 bits per heavy atom. The van der Waals surface area contributed by atoms with E-state index in [1.807, 2.05) is 0 Å². The average molecular weight is 328 g/mol. The Hall–Kier alpha value is -0.860. The molecule has 0 amide bonds. The predicted molar refractivity (Wildman–Crippen MR) is 83.5 cm³/mol. The summed E-state index contributed by atoms with van der Waals surface area (Å²) < 4.78 is 29.3. The van der Waals surface area contributed by atoms with Crippen LogP contribution in [0.4, 0.5) is 10.8 Å². The second-order valence-corrected chi connectivity index (χ2v) is 9.12. The lowest BCUT2D eigenvalue weighted by atomic mass is 10.3. The minimum Gasteiger partial charge on any atom is -0.382 e. The van der Waals surface area contributed by atoms with Crippen LogP contribution < -0.4 is 10.6 Å². The number of sulfone groups is 1. The van der Waals surface area contributed by atoms with Gasteiger partial charge >= 0.3 is 0 Å². The number of rotatable bonds is 4. The fourth-order valence-electron chi connectivity index (χ4n) is 3.03. The summed E-state index contributed by atoms with van der Waals surface area (Å²) in [4.78, 5) is 4.97. The Bertz CT molecular complexity index is 641. The first-order valence-electron chi connectivity index (χ1n) is 7.55. The lowest BCUT2D eigenvalue weighted by Crippen LogP contribution is -2.47. The lowest BCUT2D eigenvalue weighted by molar-refractivity contribution is 0.248. The minimum atomic E-state index is -3.28. The molecule has 2 saturated carbocycles. The topological polar surface area (TPSA) is 79.5 Å². The summed E-state index contributed by atoms with van der Waals surface area (Å²) in [6, 6.07) is 0.772. The number of hydrogen-bond acceptors (Lipinski definition) is 7. The first-order chi connectivity index (χ1) is 10.1. The molecule has 116 valence electrons. The van der Waals surface area contributed by atoms with Crippen molar-refractivity contribution in [2.24, 2.45) is 0 Å². The van der Waals surface area contributed by atoms with Crippen molar-refractivity contribution in [2.75, 3.05) is 36.8 Å². The summed E-state index contributed by atoms with van der Waals surface area (Å²) in [5.74, 6) is 0.187. The third-order valence-corrected chi connectivity index (χ3v) is 7.94. The third-order valence-electron chi connectivity index (χ3n) is 4.57. The van der Waals surface area contributed by atoms with Crippen LogP contribution in [0.5, 0.6) is 0 Å². The van der Waals surface area contributed by atoms with E-state index in [-0.39, 0.29) is 11.1 Å². The molecule has 3 fully saturated rings. The van der Waals surface area contributed by atoms with Crippen molar-refractivity contribution in [1.29, 1.82) is 0 Å². The highest BCUT2D eigenvalue weighted by atomic mass is 32.2. The van der Waals surface area contributed by atoms with E-state index in [9.17, 15) is 8.42 Å². The molecule has 0 atom stereocenters. The van der Waals surface area contributed by atoms with E-state index in [2.05, 4.69) is 14.2 Å². The molecule has 1 aliphatic heterocycles. The zero-order valence-electron chi connectivity index (χ0n) is 11.9. The van der Waals surface area contributed by atoms with Crippen molar-refractivity contribution in [1.82, 2.24) is 9.27 Å².